The minimum Gasteiger partial charge on any atom is -0.393 e. The van der Waals surface area contributed by atoms with Gasteiger partial charge in [-0.1, -0.05) is 33.1 Å². The Morgan fingerprint density at radius 2 is 1.78 bits per heavy atom. The zero-order valence-electron chi connectivity index (χ0n) is 12.7. The molecule has 2 nitrogen and oxygen atoms in total. The Labute approximate surface area is 113 Å². The number of aliphatic hydroxyl groups is 1. The fourth-order valence-corrected chi connectivity index (χ4v) is 1.84. The summed E-state index contributed by atoms with van der Waals surface area (Å²) in [4.78, 5) is 0. The lowest BCUT2D eigenvalue weighted by atomic mass is 10.1. The molecule has 0 radical (unpaired) electrons. The molecule has 106 valence electrons. The molecule has 0 aliphatic carbocycles. The zero-order valence-corrected chi connectivity index (χ0v) is 12.7. The van der Waals surface area contributed by atoms with E-state index in [1.165, 1.54) is 6.42 Å². The molecule has 0 saturated carbocycles. The van der Waals surface area contributed by atoms with Crippen LogP contribution in [0, 0.1) is 17.8 Å². The van der Waals surface area contributed by atoms with E-state index in [1.807, 2.05) is 6.92 Å². The second-order valence-electron chi connectivity index (χ2n) is 5.57. The van der Waals surface area contributed by atoms with Crippen LogP contribution in [-0.4, -0.2) is 23.4 Å². The molecule has 0 amide bonds. The fraction of sp³-hybridized carbons (Fsp3) is 0.875. The van der Waals surface area contributed by atoms with E-state index < -0.39 is 0 Å². The van der Waals surface area contributed by atoms with Crippen LogP contribution in [0.2, 0.25) is 0 Å². The molecule has 0 spiro atoms. The summed E-state index contributed by atoms with van der Waals surface area (Å²) >= 11 is 0. The Hall–Kier alpha value is -0.520. The van der Waals surface area contributed by atoms with Crippen molar-refractivity contribution in [1.29, 1.82) is 0 Å². The average Bonchev–Trinajstić information content (AvgIpc) is 2.22. The summed E-state index contributed by atoms with van der Waals surface area (Å²) in [7, 11) is 0. The Kier molecular flexibility index (Phi) is 10.1. The highest BCUT2D eigenvalue weighted by Gasteiger charge is 2.14. The minimum absolute atomic E-state index is 0.00982. The number of ether oxygens (including phenoxy) is 1. The van der Waals surface area contributed by atoms with E-state index in [2.05, 4.69) is 32.6 Å². The third-order valence-corrected chi connectivity index (χ3v) is 2.67. The SMILES string of the molecule is CCCCC#C[C@@H](CC(C)C)O[C@H](C)C[C@@H](C)O. The van der Waals surface area contributed by atoms with Crippen LogP contribution in [0.4, 0.5) is 0 Å². The Morgan fingerprint density at radius 3 is 2.28 bits per heavy atom. The average molecular weight is 254 g/mol. The van der Waals surface area contributed by atoms with Crippen LogP contribution in [0.5, 0.6) is 0 Å². The van der Waals surface area contributed by atoms with Crippen LogP contribution in [0.3, 0.4) is 0 Å². The van der Waals surface area contributed by atoms with Crippen molar-refractivity contribution in [3.8, 4) is 11.8 Å². The third-order valence-electron chi connectivity index (χ3n) is 2.67. The lowest BCUT2D eigenvalue weighted by Crippen LogP contribution is -2.23. The molecule has 2 heteroatoms. The molecule has 0 fully saturated rings. The standard InChI is InChI=1S/C16H30O2/c1-6-7-8-9-10-16(11-13(2)3)18-15(5)12-14(4)17/h13-17H,6-8,11-12H2,1-5H3/t14-,15-,16+/m1/s1. The first-order valence-corrected chi connectivity index (χ1v) is 7.27. The van der Waals surface area contributed by atoms with Gasteiger partial charge in [0.2, 0.25) is 0 Å². The van der Waals surface area contributed by atoms with Gasteiger partial charge in [-0.3, -0.25) is 0 Å². The summed E-state index contributed by atoms with van der Waals surface area (Å²) in [6, 6.07) is 0. The summed E-state index contributed by atoms with van der Waals surface area (Å²) in [6.45, 7) is 10.3. The van der Waals surface area contributed by atoms with Gasteiger partial charge in [-0.2, -0.15) is 0 Å². The van der Waals surface area contributed by atoms with Crippen molar-refractivity contribution < 1.29 is 9.84 Å². The van der Waals surface area contributed by atoms with E-state index in [0.717, 1.165) is 19.3 Å². The normalized spacial score (nSPS) is 15.9. The first kappa shape index (κ1) is 17.5. The molecule has 18 heavy (non-hydrogen) atoms. The predicted octanol–water partition coefficient (Wildman–Crippen LogP) is 3.77. The zero-order chi connectivity index (χ0) is 14.0. The van der Waals surface area contributed by atoms with E-state index in [0.29, 0.717) is 12.3 Å². The summed E-state index contributed by atoms with van der Waals surface area (Å²) in [5.74, 6) is 7.03. The molecule has 0 unspecified atom stereocenters. The monoisotopic (exact) mass is 254 g/mol. The van der Waals surface area contributed by atoms with Gasteiger partial charge in [-0.25, -0.2) is 0 Å². The van der Waals surface area contributed by atoms with E-state index in [1.54, 1.807) is 6.92 Å². The van der Waals surface area contributed by atoms with Gasteiger partial charge < -0.3 is 9.84 Å². The molecule has 0 aromatic carbocycles. The Bertz CT molecular complexity index is 248. The molecule has 0 aliphatic heterocycles. The van der Waals surface area contributed by atoms with Crippen molar-refractivity contribution in [3.05, 3.63) is 0 Å². The van der Waals surface area contributed by atoms with E-state index in [-0.39, 0.29) is 18.3 Å². The molecule has 0 aliphatic rings. The predicted molar refractivity (Wildman–Crippen MR) is 77.4 cm³/mol. The summed E-state index contributed by atoms with van der Waals surface area (Å²) in [6.07, 6.45) is 4.69. The summed E-state index contributed by atoms with van der Waals surface area (Å²) in [5, 5.41) is 9.35. The highest BCUT2D eigenvalue weighted by molar-refractivity contribution is 5.05. The molecule has 0 rings (SSSR count). The Morgan fingerprint density at radius 1 is 1.11 bits per heavy atom. The molecule has 0 saturated heterocycles. The number of unbranched alkanes of at least 4 members (excludes halogenated alkanes) is 2. The van der Waals surface area contributed by atoms with Crippen LogP contribution in [-0.2, 0) is 4.74 Å². The van der Waals surface area contributed by atoms with E-state index in [9.17, 15) is 5.11 Å². The maximum Gasteiger partial charge on any atom is 0.118 e. The van der Waals surface area contributed by atoms with Crippen LogP contribution in [0.15, 0.2) is 0 Å². The molecule has 0 bridgehead atoms. The first-order chi connectivity index (χ1) is 8.45. The highest BCUT2D eigenvalue weighted by atomic mass is 16.5. The van der Waals surface area contributed by atoms with Gasteiger partial charge in [0, 0.05) is 6.42 Å². The molecule has 1 N–H and O–H groups in total. The van der Waals surface area contributed by atoms with Crippen molar-refractivity contribution >= 4 is 0 Å². The molecule has 3 atom stereocenters. The van der Waals surface area contributed by atoms with E-state index >= 15 is 0 Å². The smallest absolute Gasteiger partial charge is 0.118 e. The van der Waals surface area contributed by atoms with Gasteiger partial charge in [-0.15, -0.1) is 5.92 Å². The van der Waals surface area contributed by atoms with Crippen LogP contribution < -0.4 is 0 Å². The van der Waals surface area contributed by atoms with Crippen molar-refractivity contribution in [2.75, 3.05) is 0 Å². The number of hydrogen-bond acceptors (Lipinski definition) is 2. The largest absolute Gasteiger partial charge is 0.393 e. The van der Waals surface area contributed by atoms with Gasteiger partial charge in [0.05, 0.1) is 12.2 Å². The third kappa shape index (κ3) is 10.6. The number of hydrogen-bond donors (Lipinski definition) is 1. The Balaban J connectivity index is 4.24. The van der Waals surface area contributed by atoms with Crippen molar-refractivity contribution in [1.82, 2.24) is 0 Å². The minimum atomic E-state index is -0.312. The quantitative estimate of drug-likeness (QED) is 0.528. The maximum atomic E-state index is 9.35. The van der Waals surface area contributed by atoms with Crippen LogP contribution >= 0.6 is 0 Å². The van der Waals surface area contributed by atoms with Gasteiger partial charge >= 0.3 is 0 Å². The van der Waals surface area contributed by atoms with Gasteiger partial charge in [0.15, 0.2) is 0 Å². The second-order valence-corrected chi connectivity index (χ2v) is 5.57. The fourth-order valence-electron chi connectivity index (χ4n) is 1.84. The summed E-state index contributed by atoms with van der Waals surface area (Å²) < 4.78 is 5.92. The van der Waals surface area contributed by atoms with Crippen molar-refractivity contribution in [3.63, 3.8) is 0 Å². The molecule has 0 aromatic rings. The number of rotatable bonds is 8. The molecular formula is C16H30O2. The van der Waals surface area contributed by atoms with E-state index in [4.69, 9.17) is 4.74 Å². The van der Waals surface area contributed by atoms with Crippen LogP contribution in [0.25, 0.3) is 0 Å². The summed E-state index contributed by atoms with van der Waals surface area (Å²) in [5.41, 5.74) is 0. The lowest BCUT2D eigenvalue weighted by Gasteiger charge is -2.21. The first-order valence-electron chi connectivity index (χ1n) is 7.27. The van der Waals surface area contributed by atoms with Gasteiger partial charge in [-0.05, 0) is 39.0 Å². The van der Waals surface area contributed by atoms with Crippen LogP contribution in [0.1, 0.15) is 66.7 Å². The van der Waals surface area contributed by atoms with Gasteiger partial charge in [0.25, 0.3) is 0 Å². The van der Waals surface area contributed by atoms with Crippen molar-refractivity contribution in [2.24, 2.45) is 5.92 Å². The molecule has 0 aromatic heterocycles. The molecule has 0 heterocycles. The maximum absolute atomic E-state index is 9.35. The number of aliphatic hydroxyl groups excluding tert-OH is 1. The lowest BCUT2D eigenvalue weighted by molar-refractivity contribution is -0.00593. The van der Waals surface area contributed by atoms with Gasteiger partial charge in [0.1, 0.15) is 6.10 Å². The van der Waals surface area contributed by atoms with Crippen molar-refractivity contribution in [2.45, 2.75) is 85.0 Å². The highest BCUT2D eigenvalue weighted by Crippen LogP contribution is 2.12. The second kappa shape index (κ2) is 10.4. The topological polar surface area (TPSA) is 29.5 Å². The molecular weight excluding hydrogens is 224 g/mol.